The van der Waals surface area contributed by atoms with Crippen molar-refractivity contribution in [3.05, 3.63) is 107 Å². The average Bonchev–Trinajstić information content (AvgIpc) is 1.55. The van der Waals surface area contributed by atoms with Gasteiger partial charge >= 0.3 is 23.9 Å². The fourth-order valence-electron chi connectivity index (χ4n) is 14.0. The molecule has 4 aromatic carbocycles. The number of nitrogens with one attached hydrogen (secondary N) is 4. The van der Waals surface area contributed by atoms with Crippen molar-refractivity contribution in [3.63, 3.8) is 0 Å². The molecule has 112 heavy (non-hydrogen) atoms. The van der Waals surface area contributed by atoms with E-state index in [-0.39, 0.29) is 161 Å². The normalized spacial score (nSPS) is 16.4. The topological polar surface area (TPSA) is 468 Å². The van der Waals surface area contributed by atoms with Gasteiger partial charge in [-0.15, -0.1) is 20.4 Å². The van der Waals surface area contributed by atoms with E-state index >= 15 is 0 Å². The van der Waals surface area contributed by atoms with Crippen molar-refractivity contribution in [1.82, 2.24) is 90.0 Å². The van der Waals surface area contributed by atoms with Gasteiger partial charge in [0.2, 0.25) is 35.3 Å². The fourth-order valence-corrected chi connectivity index (χ4v) is 14.0. The van der Waals surface area contributed by atoms with Gasteiger partial charge in [0, 0.05) is 161 Å². The molecular weight excluding hydrogens is 1450 g/mol. The van der Waals surface area contributed by atoms with Crippen LogP contribution in [0.4, 0.5) is 0 Å². The Morgan fingerprint density at radius 2 is 0.839 bits per heavy atom. The highest BCUT2D eigenvalue weighted by molar-refractivity contribution is 5.96. The summed E-state index contributed by atoms with van der Waals surface area (Å²) in [6.45, 7) is 15.6. The van der Waals surface area contributed by atoms with E-state index in [4.69, 9.17) is 0 Å². The number of aromatic nitrogens is 6. The first-order valence-corrected chi connectivity index (χ1v) is 37.6. The van der Waals surface area contributed by atoms with Crippen LogP contribution in [0.15, 0.2) is 72.8 Å². The quantitative estimate of drug-likeness (QED) is 0.0295. The number of amides is 6. The molecule has 2 aromatic heterocycles. The van der Waals surface area contributed by atoms with Gasteiger partial charge in [-0.25, -0.2) is 0 Å². The smallest absolute Gasteiger partial charge is 0.320 e. The van der Waals surface area contributed by atoms with E-state index in [0.717, 1.165) is 11.1 Å². The Morgan fingerprint density at radius 1 is 0.455 bits per heavy atom. The van der Waals surface area contributed by atoms with E-state index in [0.29, 0.717) is 74.9 Å². The van der Waals surface area contributed by atoms with E-state index in [9.17, 15) is 88.8 Å². The summed E-state index contributed by atoms with van der Waals surface area (Å²) in [5.41, 5.74) is 4.40. The molecule has 9 rings (SSSR count). The summed E-state index contributed by atoms with van der Waals surface area (Å²) >= 11 is 0. The highest BCUT2D eigenvalue weighted by atomic mass is 16.4. The standard InChI is InChI=1S/C76H102N18O18/c1-8-77-73(108)70-83-81-68(55-36-53(46(3)4)59(95)39-61(55)97)93(70)51-14-10-49(11-15-51)41-85-26-32-91(33-27-85)64(100)38-57(80-63(99)19-18-58(76(111)112)90-30-24-88(44-66(103)104)22-20-87(43-65(101)102)21-23-89(25-31-90)45-67(105)106)72(107)79-48(7)75(110)92-34-28-86(29-35-92)42-50-12-16-52(17-13-50)94-69(82-84-71(94)74(109)78-9-2)56-37-54(47(5)6)60(96)40-62(56)98/h10-17,36-37,39-40,46-48,57-58,95-98H,8-9,18-35,38,41-45H2,1-7H3,(H,77,108)(H,78,109)(H,79,107)(H,80,99)(H,101,102)(H,103,104)(H,105,106)(H,111,112)/t48-,57+,58-/m1/s1. The Hall–Kier alpha value is -11.2. The Bertz CT molecular complexity index is 4310. The second-order valence-corrected chi connectivity index (χ2v) is 28.8. The minimum atomic E-state index is -1.57. The first-order valence-electron chi connectivity index (χ1n) is 37.6. The number of nitrogens with zero attached hydrogens (tertiary/aromatic N) is 14. The predicted molar refractivity (Wildman–Crippen MR) is 407 cm³/mol. The van der Waals surface area contributed by atoms with Gasteiger partial charge in [0.15, 0.2) is 11.6 Å². The van der Waals surface area contributed by atoms with Crippen molar-refractivity contribution in [2.24, 2.45) is 0 Å². The maximum Gasteiger partial charge on any atom is 0.320 e. The van der Waals surface area contributed by atoms with Crippen LogP contribution in [0.3, 0.4) is 0 Å². The van der Waals surface area contributed by atoms with E-state index in [2.05, 4.69) is 51.5 Å². The summed E-state index contributed by atoms with van der Waals surface area (Å²) in [6.07, 6.45) is -1.41. The van der Waals surface area contributed by atoms with Crippen LogP contribution in [-0.4, -0.2) is 324 Å². The van der Waals surface area contributed by atoms with Crippen molar-refractivity contribution in [1.29, 1.82) is 0 Å². The Kier molecular flexibility index (Phi) is 29.6. The fraction of sp³-hybridized carbons (Fsp3) is 0.500. The number of carboxylic acid groups (broad SMARTS) is 4. The highest BCUT2D eigenvalue weighted by Gasteiger charge is 2.36. The summed E-state index contributed by atoms with van der Waals surface area (Å²) in [6, 6.07) is 16.2. The lowest BCUT2D eigenvalue weighted by Gasteiger charge is -2.36. The summed E-state index contributed by atoms with van der Waals surface area (Å²) in [7, 11) is 0. The van der Waals surface area contributed by atoms with Crippen LogP contribution in [0.25, 0.3) is 34.2 Å². The predicted octanol–water partition coefficient (Wildman–Crippen LogP) is 1.83. The number of phenols is 4. The largest absolute Gasteiger partial charge is 0.508 e. The summed E-state index contributed by atoms with van der Waals surface area (Å²) in [4.78, 5) is 147. The first kappa shape index (κ1) is 84.8. The third-order valence-corrected chi connectivity index (χ3v) is 20.1. The highest BCUT2D eigenvalue weighted by Crippen LogP contribution is 2.40. The molecule has 3 aliphatic heterocycles. The second kappa shape index (κ2) is 39.1. The van der Waals surface area contributed by atoms with Crippen LogP contribution in [0.1, 0.15) is 123 Å². The third kappa shape index (κ3) is 22.3. The number of hydrogen-bond acceptors (Lipinski definition) is 24. The van der Waals surface area contributed by atoms with Gasteiger partial charge < -0.3 is 71.9 Å². The van der Waals surface area contributed by atoms with Gasteiger partial charge in [0.25, 0.3) is 11.8 Å². The molecule has 6 aromatic rings. The van der Waals surface area contributed by atoms with Crippen molar-refractivity contribution in [3.8, 4) is 57.1 Å². The van der Waals surface area contributed by atoms with E-state index < -0.39 is 103 Å². The Labute approximate surface area is 647 Å². The molecule has 0 saturated carbocycles. The molecule has 3 atom stereocenters. The zero-order chi connectivity index (χ0) is 81.2. The number of carbonyl (C=O) groups excluding carboxylic acids is 6. The minimum Gasteiger partial charge on any atom is -0.508 e. The van der Waals surface area contributed by atoms with Gasteiger partial charge in [-0.3, -0.25) is 86.5 Å². The van der Waals surface area contributed by atoms with Crippen molar-refractivity contribution >= 4 is 59.3 Å². The molecule has 0 spiro atoms. The Morgan fingerprint density at radius 3 is 1.21 bits per heavy atom. The lowest BCUT2D eigenvalue weighted by molar-refractivity contribution is -0.145. The zero-order valence-electron chi connectivity index (χ0n) is 64.1. The number of benzene rings is 4. The van der Waals surface area contributed by atoms with Crippen LogP contribution >= 0.6 is 0 Å². The zero-order valence-corrected chi connectivity index (χ0v) is 64.1. The molecule has 3 fully saturated rings. The van der Waals surface area contributed by atoms with E-state index in [1.807, 2.05) is 52.0 Å². The molecule has 0 radical (unpaired) electrons. The van der Waals surface area contributed by atoms with Gasteiger partial charge in [-0.05, 0) is 97.7 Å². The van der Waals surface area contributed by atoms with Crippen LogP contribution < -0.4 is 21.3 Å². The lowest BCUT2D eigenvalue weighted by Crippen LogP contribution is -2.57. The molecule has 3 aliphatic rings. The monoisotopic (exact) mass is 1550 g/mol. The average molecular weight is 1560 g/mol. The summed E-state index contributed by atoms with van der Waals surface area (Å²) < 4.78 is 3.06. The molecule has 0 aliphatic carbocycles. The number of hydrogen-bond donors (Lipinski definition) is 12. The number of phenolic OH excluding ortho intramolecular Hbond substituents is 4. The number of rotatable bonds is 31. The number of carboxylic acids is 4. The van der Waals surface area contributed by atoms with Gasteiger partial charge in [0.05, 0.1) is 37.2 Å². The second-order valence-electron chi connectivity index (χ2n) is 28.8. The number of piperazine rings is 2. The minimum absolute atomic E-state index is 0.00455. The van der Waals surface area contributed by atoms with Crippen LogP contribution in [0, 0.1) is 0 Å². The van der Waals surface area contributed by atoms with Crippen LogP contribution in [-0.2, 0) is 51.4 Å². The van der Waals surface area contributed by atoms with Gasteiger partial charge in [-0.2, -0.15) is 0 Å². The molecule has 36 nitrogen and oxygen atoms in total. The van der Waals surface area contributed by atoms with Crippen LogP contribution in [0.2, 0.25) is 0 Å². The molecule has 6 amide bonds. The number of carbonyl (C=O) groups is 10. The molecule has 36 heteroatoms. The van der Waals surface area contributed by atoms with Crippen LogP contribution in [0.5, 0.6) is 23.0 Å². The van der Waals surface area contributed by atoms with E-state index in [1.165, 1.54) is 42.9 Å². The van der Waals surface area contributed by atoms with Gasteiger partial charge in [-0.1, -0.05) is 52.0 Å². The lowest BCUT2D eigenvalue weighted by atomic mass is 9.98. The van der Waals surface area contributed by atoms with Gasteiger partial charge in [0.1, 0.15) is 41.1 Å². The third-order valence-electron chi connectivity index (χ3n) is 20.1. The molecule has 0 bridgehead atoms. The SMILES string of the molecule is CCNC(=O)c1nnc(-c2cc(C(C)C)c(O)cc2O)n1-c1ccc(CN2CCN(C(=O)C[C@H](NC(=O)CC[C@H](C(=O)O)N3CCN(CC(=O)O)CCN(CC(=O)O)CCN(CC(=O)O)CC3)C(=O)N[C@H](C)C(=O)N3CCN(Cc4ccc(-n5c(C(=O)NCC)nnc5-c5cc(C(C)C)c(O)cc5O)cc4)CC3)CC2)cc1. The molecule has 604 valence electrons. The maximum absolute atomic E-state index is 14.6. The van der Waals surface area contributed by atoms with E-state index in [1.54, 1.807) is 64.9 Å². The maximum atomic E-state index is 14.6. The van der Waals surface area contributed by atoms with Crippen molar-refractivity contribution in [2.45, 2.75) is 111 Å². The molecule has 0 unspecified atom stereocenters. The summed E-state index contributed by atoms with van der Waals surface area (Å²) in [5, 5.41) is 111. The molecule has 3 saturated heterocycles. The molecule has 5 heterocycles. The Balaban J connectivity index is 0.874. The van der Waals surface area contributed by atoms with Crippen molar-refractivity contribution < 1.29 is 88.8 Å². The number of aliphatic carboxylic acids is 4. The first-order chi connectivity index (χ1) is 53.4. The summed E-state index contributed by atoms with van der Waals surface area (Å²) in [5.74, 6) is -9.14. The molecule has 12 N–H and O–H groups in total. The number of aromatic hydroxyl groups is 4. The molecular formula is C76H102N18O18. The van der Waals surface area contributed by atoms with Crippen molar-refractivity contribution in [2.75, 3.05) is 137 Å².